The Kier molecular flexibility index (Phi) is 3.60. The molecule has 2 aromatic heterocycles. The highest BCUT2D eigenvalue weighted by molar-refractivity contribution is 5.62. The summed E-state index contributed by atoms with van der Waals surface area (Å²) in [5, 5.41) is 4.48. The SMILES string of the molecule is Cc1ccccc1-c1ccc(=O)n(Cc2ccncc2)n1. The van der Waals surface area contributed by atoms with Crippen LogP contribution >= 0.6 is 0 Å². The lowest BCUT2D eigenvalue weighted by Crippen LogP contribution is -2.22. The van der Waals surface area contributed by atoms with Gasteiger partial charge in [-0.3, -0.25) is 9.78 Å². The van der Waals surface area contributed by atoms with Gasteiger partial charge in [0, 0.05) is 24.0 Å². The maximum Gasteiger partial charge on any atom is 0.267 e. The summed E-state index contributed by atoms with van der Waals surface area (Å²) in [6, 6.07) is 15.1. The van der Waals surface area contributed by atoms with Gasteiger partial charge in [-0.15, -0.1) is 0 Å². The number of hydrogen-bond donors (Lipinski definition) is 0. The molecule has 0 aliphatic heterocycles. The molecule has 0 N–H and O–H groups in total. The lowest BCUT2D eigenvalue weighted by molar-refractivity contribution is 0.642. The van der Waals surface area contributed by atoms with Crippen LogP contribution in [0.2, 0.25) is 0 Å². The average Bonchev–Trinajstić information content (AvgIpc) is 2.51. The molecule has 0 aliphatic rings. The first-order valence-electron chi connectivity index (χ1n) is 6.77. The van der Waals surface area contributed by atoms with Gasteiger partial charge in [0.25, 0.3) is 5.56 Å². The second-order valence-corrected chi connectivity index (χ2v) is 4.88. The second kappa shape index (κ2) is 5.71. The molecule has 0 atom stereocenters. The molecule has 0 radical (unpaired) electrons. The molecule has 4 heteroatoms. The molecule has 0 amide bonds. The van der Waals surface area contributed by atoms with Crippen LogP contribution in [0.15, 0.2) is 65.7 Å². The van der Waals surface area contributed by atoms with Gasteiger partial charge in [0.15, 0.2) is 0 Å². The number of aryl methyl sites for hydroxylation is 1. The fourth-order valence-electron chi connectivity index (χ4n) is 2.23. The van der Waals surface area contributed by atoms with Crippen molar-refractivity contribution in [2.45, 2.75) is 13.5 Å². The van der Waals surface area contributed by atoms with Crippen molar-refractivity contribution < 1.29 is 0 Å². The van der Waals surface area contributed by atoms with Crippen molar-refractivity contribution in [2.75, 3.05) is 0 Å². The van der Waals surface area contributed by atoms with E-state index in [-0.39, 0.29) is 5.56 Å². The maximum absolute atomic E-state index is 12.0. The van der Waals surface area contributed by atoms with Crippen molar-refractivity contribution in [1.82, 2.24) is 14.8 Å². The first kappa shape index (κ1) is 13.2. The van der Waals surface area contributed by atoms with Gasteiger partial charge in [-0.1, -0.05) is 24.3 Å². The van der Waals surface area contributed by atoms with Crippen LogP contribution in [0.1, 0.15) is 11.1 Å². The Morgan fingerprint density at radius 3 is 2.52 bits per heavy atom. The van der Waals surface area contributed by atoms with Crippen LogP contribution in [0.25, 0.3) is 11.3 Å². The van der Waals surface area contributed by atoms with Crippen LogP contribution in [-0.2, 0) is 6.54 Å². The molecular weight excluding hydrogens is 262 g/mol. The van der Waals surface area contributed by atoms with Crippen LogP contribution in [0.5, 0.6) is 0 Å². The zero-order valence-corrected chi connectivity index (χ0v) is 11.7. The average molecular weight is 277 g/mol. The van der Waals surface area contributed by atoms with E-state index in [4.69, 9.17) is 0 Å². The van der Waals surface area contributed by atoms with E-state index in [0.717, 1.165) is 22.4 Å². The first-order chi connectivity index (χ1) is 10.2. The third-order valence-electron chi connectivity index (χ3n) is 3.37. The van der Waals surface area contributed by atoms with E-state index < -0.39 is 0 Å². The summed E-state index contributed by atoms with van der Waals surface area (Å²) in [5.74, 6) is 0. The summed E-state index contributed by atoms with van der Waals surface area (Å²) in [5.41, 5.74) is 3.88. The predicted molar refractivity (Wildman–Crippen MR) is 82.0 cm³/mol. The molecule has 0 saturated carbocycles. The van der Waals surface area contributed by atoms with Crippen LogP contribution in [0.4, 0.5) is 0 Å². The summed E-state index contributed by atoms with van der Waals surface area (Å²) in [4.78, 5) is 16.0. The topological polar surface area (TPSA) is 47.8 Å². The molecule has 1 aromatic carbocycles. The summed E-state index contributed by atoms with van der Waals surface area (Å²) < 4.78 is 1.48. The lowest BCUT2D eigenvalue weighted by Gasteiger charge is -2.09. The largest absolute Gasteiger partial charge is 0.268 e. The standard InChI is InChI=1S/C17H15N3O/c1-13-4-2-3-5-15(13)16-6-7-17(21)20(19-16)12-14-8-10-18-11-9-14/h2-11H,12H2,1H3. The minimum absolute atomic E-state index is 0.107. The van der Waals surface area contributed by atoms with Crippen molar-refractivity contribution in [1.29, 1.82) is 0 Å². The second-order valence-electron chi connectivity index (χ2n) is 4.88. The first-order valence-corrected chi connectivity index (χ1v) is 6.77. The molecule has 0 aliphatic carbocycles. The lowest BCUT2D eigenvalue weighted by atomic mass is 10.1. The van der Waals surface area contributed by atoms with Crippen LogP contribution in [0, 0.1) is 6.92 Å². The normalized spacial score (nSPS) is 10.5. The predicted octanol–water partition coefficient (Wildman–Crippen LogP) is 2.66. The Labute approximate surface area is 122 Å². The molecule has 0 unspecified atom stereocenters. The zero-order valence-electron chi connectivity index (χ0n) is 11.7. The Hall–Kier alpha value is -2.75. The monoisotopic (exact) mass is 277 g/mol. The van der Waals surface area contributed by atoms with Crippen molar-refractivity contribution in [3.8, 4) is 11.3 Å². The van der Waals surface area contributed by atoms with E-state index in [1.807, 2.05) is 43.3 Å². The van der Waals surface area contributed by atoms with Crippen LogP contribution in [0.3, 0.4) is 0 Å². The molecule has 0 saturated heterocycles. The maximum atomic E-state index is 12.0. The Bertz CT molecular complexity index is 810. The van der Waals surface area contributed by atoms with Crippen molar-refractivity contribution in [3.63, 3.8) is 0 Å². The zero-order chi connectivity index (χ0) is 14.7. The number of pyridine rings is 1. The highest BCUT2D eigenvalue weighted by Gasteiger charge is 2.06. The van der Waals surface area contributed by atoms with Crippen LogP contribution in [-0.4, -0.2) is 14.8 Å². The fourth-order valence-corrected chi connectivity index (χ4v) is 2.23. The summed E-state index contributed by atoms with van der Waals surface area (Å²) in [7, 11) is 0. The third kappa shape index (κ3) is 2.89. The summed E-state index contributed by atoms with van der Waals surface area (Å²) in [6.45, 7) is 2.48. The molecule has 4 nitrogen and oxygen atoms in total. The highest BCUT2D eigenvalue weighted by Crippen LogP contribution is 2.19. The van der Waals surface area contributed by atoms with E-state index in [1.54, 1.807) is 24.5 Å². The van der Waals surface area contributed by atoms with E-state index in [2.05, 4.69) is 10.1 Å². The number of hydrogen-bond acceptors (Lipinski definition) is 3. The van der Waals surface area contributed by atoms with Crippen LogP contribution < -0.4 is 5.56 Å². The number of aromatic nitrogens is 3. The molecule has 0 fully saturated rings. The quantitative estimate of drug-likeness (QED) is 0.739. The van der Waals surface area contributed by atoms with Crippen molar-refractivity contribution >= 4 is 0 Å². The molecule has 0 bridgehead atoms. The van der Waals surface area contributed by atoms with E-state index in [9.17, 15) is 4.79 Å². The molecule has 2 heterocycles. The minimum Gasteiger partial charge on any atom is -0.268 e. The van der Waals surface area contributed by atoms with Crippen molar-refractivity contribution in [2.24, 2.45) is 0 Å². The van der Waals surface area contributed by atoms with Gasteiger partial charge >= 0.3 is 0 Å². The van der Waals surface area contributed by atoms with E-state index in [0.29, 0.717) is 6.54 Å². The molecule has 3 rings (SSSR count). The summed E-state index contributed by atoms with van der Waals surface area (Å²) >= 11 is 0. The molecule has 0 spiro atoms. The van der Waals surface area contributed by atoms with E-state index in [1.165, 1.54) is 4.68 Å². The summed E-state index contributed by atoms with van der Waals surface area (Å²) in [6.07, 6.45) is 3.43. The smallest absolute Gasteiger partial charge is 0.267 e. The van der Waals surface area contributed by atoms with Gasteiger partial charge in [0.05, 0.1) is 12.2 Å². The Morgan fingerprint density at radius 2 is 1.76 bits per heavy atom. The molecule has 21 heavy (non-hydrogen) atoms. The van der Waals surface area contributed by atoms with Gasteiger partial charge < -0.3 is 0 Å². The number of nitrogens with zero attached hydrogens (tertiary/aromatic N) is 3. The molecule has 3 aromatic rings. The van der Waals surface area contributed by atoms with Gasteiger partial charge in [0.1, 0.15) is 0 Å². The fraction of sp³-hybridized carbons (Fsp3) is 0.118. The molecular formula is C17H15N3O. The number of benzene rings is 1. The third-order valence-corrected chi connectivity index (χ3v) is 3.37. The number of rotatable bonds is 3. The minimum atomic E-state index is -0.107. The Balaban J connectivity index is 2.01. The van der Waals surface area contributed by atoms with Gasteiger partial charge in [-0.25, -0.2) is 4.68 Å². The molecule has 104 valence electrons. The van der Waals surface area contributed by atoms with E-state index >= 15 is 0 Å². The van der Waals surface area contributed by atoms with Gasteiger partial charge in [-0.2, -0.15) is 5.10 Å². The Morgan fingerprint density at radius 1 is 1.00 bits per heavy atom. The van der Waals surface area contributed by atoms with Gasteiger partial charge in [-0.05, 0) is 36.2 Å². The highest BCUT2D eigenvalue weighted by atomic mass is 16.1. The van der Waals surface area contributed by atoms with Crippen molar-refractivity contribution in [3.05, 3.63) is 82.4 Å². The van der Waals surface area contributed by atoms with Gasteiger partial charge in [0.2, 0.25) is 0 Å².